The molecular weight excluding hydrogens is 476 g/mol. The Morgan fingerprint density at radius 3 is 2.31 bits per heavy atom. The number of Topliss-reactive ketones (excluding diaryl/α,β-unsaturated/α-hetero) is 1. The molecule has 0 spiro atoms. The maximum atomic E-state index is 13.9. The molecule has 3 aromatic carbocycles. The van der Waals surface area contributed by atoms with Gasteiger partial charge < -0.3 is 10.0 Å². The molecule has 6 nitrogen and oxygen atoms in total. The summed E-state index contributed by atoms with van der Waals surface area (Å²) in [5.74, 6) is -2.05. The van der Waals surface area contributed by atoms with Gasteiger partial charge in [0, 0.05) is 23.6 Å². The molecular formula is C29H25ClN2O4. The molecule has 2 aliphatic rings. The number of benzene rings is 3. The van der Waals surface area contributed by atoms with E-state index in [9.17, 15) is 19.5 Å². The number of anilines is 1. The van der Waals surface area contributed by atoms with Crippen molar-refractivity contribution < 1.29 is 19.5 Å². The molecule has 0 aromatic heterocycles. The molecule has 1 aliphatic carbocycles. The first-order valence-electron chi connectivity index (χ1n) is 12.0. The Morgan fingerprint density at radius 2 is 1.58 bits per heavy atom. The lowest BCUT2D eigenvalue weighted by Crippen LogP contribution is -2.45. The van der Waals surface area contributed by atoms with Crippen LogP contribution in [0.3, 0.4) is 0 Å². The number of hydrogen-bond acceptors (Lipinski definition) is 4. The van der Waals surface area contributed by atoms with Gasteiger partial charge in [0.2, 0.25) is 5.91 Å². The van der Waals surface area contributed by atoms with Crippen molar-refractivity contribution in [2.75, 3.05) is 4.90 Å². The highest BCUT2D eigenvalue weighted by atomic mass is 35.5. The van der Waals surface area contributed by atoms with Gasteiger partial charge in [0.05, 0.1) is 29.8 Å². The third kappa shape index (κ3) is 4.69. The monoisotopic (exact) mass is 500 g/mol. The van der Waals surface area contributed by atoms with Gasteiger partial charge in [-0.15, -0.1) is 0 Å². The van der Waals surface area contributed by atoms with Crippen molar-refractivity contribution in [3.05, 3.63) is 95.0 Å². The topological polar surface area (TPSA) is 87.0 Å². The van der Waals surface area contributed by atoms with Crippen LogP contribution in [-0.2, 0) is 14.4 Å². The van der Waals surface area contributed by atoms with E-state index in [4.69, 9.17) is 16.6 Å². The van der Waals surface area contributed by atoms with E-state index >= 15 is 0 Å². The number of para-hydroxylation sites is 2. The number of halogens is 1. The fourth-order valence-corrected chi connectivity index (χ4v) is 5.41. The van der Waals surface area contributed by atoms with Gasteiger partial charge in [0.25, 0.3) is 0 Å². The second-order valence-electron chi connectivity index (χ2n) is 9.21. The minimum Gasteiger partial charge on any atom is -0.481 e. The fourth-order valence-electron chi connectivity index (χ4n) is 5.28. The van der Waals surface area contributed by atoms with Crippen LogP contribution in [0.5, 0.6) is 0 Å². The summed E-state index contributed by atoms with van der Waals surface area (Å²) >= 11 is 6.16. The predicted octanol–water partition coefficient (Wildman–Crippen LogP) is 6.13. The van der Waals surface area contributed by atoms with Gasteiger partial charge >= 0.3 is 5.97 Å². The molecule has 3 aromatic rings. The van der Waals surface area contributed by atoms with Crippen molar-refractivity contribution in [3.63, 3.8) is 0 Å². The molecule has 7 heteroatoms. The average molecular weight is 501 g/mol. The number of carboxylic acid groups (broad SMARTS) is 1. The SMILES string of the molecule is O=C(O)CCC(=O)N1c2ccccc2N=C2CC(c3ccccc3)CC(=O)C2C1c1ccc(Cl)cc1. The van der Waals surface area contributed by atoms with E-state index in [0.29, 0.717) is 29.2 Å². The first-order chi connectivity index (χ1) is 17.4. The van der Waals surface area contributed by atoms with E-state index < -0.39 is 17.9 Å². The number of rotatable bonds is 5. The Labute approximate surface area is 214 Å². The number of carbonyl (C=O) groups is 3. The molecule has 0 radical (unpaired) electrons. The summed E-state index contributed by atoms with van der Waals surface area (Å²) in [6, 6.07) is 23.7. The third-order valence-electron chi connectivity index (χ3n) is 6.91. The van der Waals surface area contributed by atoms with E-state index in [-0.39, 0.29) is 30.4 Å². The number of nitrogens with zero attached hydrogens (tertiary/aromatic N) is 2. The minimum absolute atomic E-state index is 0.000918. The van der Waals surface area contributed by atoms with Gasteiger partial charge in [-0.2, -0.15) is 0 Å². The van der Waals surface area contributed by atoms with Crippen molar-refractivity contribution in [2.45, 2.75) is 37.6 Å². The number of carbonyl (C=O) groups excluding carboxylic acids is 2. The standard InChI is InChI=1S/C29H25ClN2O4/c30-21-12-10-19(11-13-21)29-28-23(16-20(17-25(28)33)18-6-2-1-3-7-18)31-22-8-4-5-9-24(22)32(29)26(34)14-15-27(35)36/h1-13,20,28-29H,14-17H2,(H,35,36). The van der Waals surface area contributed by atoms with E-state index in [1.165, 1.54) is 0 Å². The first kappa shape index (κ1) is 23.9. The van der Waals surface area contributed by atoms with E-state index in [2.05, 4.69) is 0 Å². The number of carboxylic acids is 1. The van der Waals surface area contributed by atoms with Crippen LogP contribution in [0.15, 0.2) is 83.9 Å². The minimum atomic E-state index is -1.05. The van der Waals surface area contributed by atoms with Gasteiger partial charge in [-0.1, -0.05) is 66.2 Å². The zero-order valence-electron chi connectivity index (χ0n) is 19.5. The highest BCUT2D eigenvalue weighted by Crippen LogP contribution is 2.47. The van der Waals surface area contributed by atoms with Crippen LogP contribution in [0.25, 0.3) is 0 Å². The molecule has 1 aliphatic heterocycles. The second kappa shape index (κ2) is 10.1. The molecule has 1 N–H and O–H groups in total. The maximum Gasteiger partial charge on any atom is 0.303 e. The maximum absolute atomic E-state index is 13.9. The van der Waals surface area contributed by atoms with Crippen molar-refractivity contribution in [1.82, 2.24) is 0 Å². The highest BCUT2D eigenvalue weighted by Gasteiger charge is 2.46. The number of aliphatic carboxylic acids is 1. The van der Waals surface area contributed by atoms with Crippen molar-refractivity contribution in [3.8, 4) is 0 Å². The largest absolute Gasteiger partial charge is 0.481 e. The van der Waals surface area contributed by atoms with Crippen molar-refractivity contribution >= 4 is 46.3 Å². The summed E-state index contributed by atoms with van der Waals surface area (Å²) < 4.78 is 0. The molecule has 36 heavy (non-hydrogen) atoms. The Balaban J connectivity index is 1.66. The third-order valence-corrected chi connectivity index (χ3v) is 7.16. The fraction of sp³-hybridized carbons (Fsp3) is 0.241. The van der Waals surface area contributed by atoms with Gasteiger partial charge in [0.15, 0.2) is 0 Å². The summed E-state index contributed by atoms with van der Waals surface area (Å²) in [5, 5.41) is 9.78. The van der Waals surface area contributed by atoms with Crippen LogP contribution in [0.1, 0.15) is 48.8 Å². The number of ketones is 1. The van der Waals surface area contributed by atoms with Gasteiger partial charge in [0.1, 0.15) is 5.78 Å². The summed E-state index contributed by atoms with van der Waals surface area (Å²) in [5.41, 5.74) is 3.74. The Kier molecular flexibility index (Phi) is 6.70. The molecule has 1 heterocycles. The number of amides is 1. The smallest absolute Gasteiger partial charge is 0.303 e. The number of aliphatic imine (C=N–C) groups is 1. The lowest BCUT2D eigenvalue weighted by Gasteiger charge is -2.39. The molecule has 3 unspecified atom stereocenters. The second-order valence-corrected chi connectivity index (χ2v) is 9.64. The number of hydrogen-bond donors (Lipinski definition) is 1. The first-order valence-corrected chi connectivity index (χ1v) is 12.3. The van der Waals surface area contributed by atoms with Gasteiger partial charge in [-0.3, -0.25) is 19.4 Å². The van der Waals surface area contributed by atoms with Crippen LogP contribution in [0.2, 0.25) is 5.02 Å². The lowest BCUT2D eigenvalue weighted by atomic mass is 9.72. The summed E-state index contributed by atoms with van der Waals surface area (Å²) in [4.78, 5) is 45.3. The molecule has 0 saturated heterocycles. The normalized spacial score (nSPS) is 21.1. The van der Waals surface area contributed by atoms with Crippen LogP contribution < -0.4 is 4.90 Å². The molecule has 5 rings (SSSR count). The van der Waals surface area contributed by atoms with E-state index in [1.54, 1.807) is 23.1 Å². The Hall–Kier alpha value is -3.77. The Morgan fingerprint density at radius 1 is 0.889 bits per heavy atom. The zero-order valence-corrected chi connectivity index (χ0v) is 20.3. The number of fused-ring (bicyclic) bond motifs is 2. The quantitative estimate of drug-likeness (QED) is 0.456. The van der Waals surface area contributed by atoms with Crippen LogP contribution in [-0.4, -0.2) is 28.5 Å². The molecule has 0 bridgehead atoms. The van der Waals surface area contributed by atoms with Gasteiger partial charge in [-0.25, -0.2) is 0 Å². The van der Waals surface area contributed by atoms with Crippen LogP contribution in [0.4, 0.5) is 11.4 Å². The van der Waals surface area contributed by atoms with Crippen LogP contribution >= 0.6 is 11.6 Å². The summed E-state index contributed by atoms with van der Waals surface area (Å²) in [6.45, 7) is 0. The van der Waals surface area contributed by atoms with Crippen molar-refractivity contribution in [2.24, 2.45) is 10.9 Å². The zero-order chi connectivity index (χ0) is 25.2. The van der Waals surface area contributed by atoms with E-state index in [0.717, 1.165) is 16.8 Å². The molecule has 3 atom stereocenters. The van der Waals surface area contributed by atoms with Gasteiger partial charge in [-0.05, 0) is 47.7 Å². The summed E-state index contributed by atoms with van der Waals surface area (Å²) in [7, 11) is 0. The van der Waals surface area contributed by atoms with Crippen LogP contribution in [0, 0.1) is 5.92 Å². The average Bonchev–Trinajstić information content (AvgIpc) is 3.03. The molecule has 1 amide bonds. The molecule has 182 valence electrons. The lowest BCUT2D eigenvalue weighted by molar-refractivity contribution is -0.138. The highest BCUT2D eigenvalue weighted by molar-refractivity contribution is 6.30. The molecule has 1 saturated carbocycles. The van der Waals surface area contributed by atoms with E-state index in [1.807, 2.05) is 60.7 Å². The molecule has 1 fully saturated rings. The predicted molar refractivity (Wildman–Crippen MR) is 139 cm³/mol. The summed E-state index contributed by atoms with van der Waals surface area (Å²) in [6.07, 6.45) is 0.450. The van der Waals surface area contributed by atoms with Crippen molar-refractivity contribution in [1.29, 1.82) is 0 Å². The Bertz CT molecular complexity index is 1340.